The van der Waals surface area contributed by atoms with Gasteiger partial charge in [-0.3, -0.25) is 9.48 Å². The van der Waals surface area contributed by atoms with Gasteiger partial charge in [-0.05, 0) is 61.5 Å². The number of carbonyl (C=O) groups excluding carboxylic acids is 2. The number of hydrogen-bond acceptors (Lipinski definition) is 5. The van der Waals surface area contributed by atoms with Crippen molar-refractivity contribution in [2.75, 3.05) is 13.7 Å². The Labute approximate surface area is 167 Å². The van der Waals surface area contributed by atoms with Gasteiger partial charge in [0.15, 0.2) is 11.5 Å². The van der Waals surface area contributed by atoms with Crippen LogP contribution in [0.5, 0.6) is 5.75 Å². The molecule has 0 fully saturated rings. The molecule has 0 aliphatic rings. The lowest BCUT2D eigenvalue weighted by atomic mass is 10.1. The molecule has 0 atom stereocenters. The summed E-state index contributed by atoms with van der Waals surface area (Å²) >= 11 is 5.88. The third kappa shape index (κ3) is 4.40. The van der Waals surface area contributed by atoms with Crippen LogP contribution >= 0.6 is 11.6 Å². The summed E-state index contributed by atoms with van der Waals surface area (Å²) in [5.41, 5.74) is 2.09. The van der Waals surface area contributed by atoms with Crippen LogP contribution in [0.2, 0.25) is 5.02 Å². The minimum absolute atomic E-state index is 0.0254. The van der Waals surface area contributed by atoms with Gasteiger partial charge in [0.1, 0.15) is 12.3 Å². The van der Waals surface area contributed by atoms with E-state index < -0.39 is 5.97 Å². The first kappa shape index (κ1) is 19.6. The van der Waals surface area contributed by atoms with Crippen molar-refractivity contribution in [3.8, 4) is 17.0 Å². The maximum Gasteiger partial charge on any atom is 0.358 e. The van der Waals surface area contributed by atoms with Gasteiger partial charge in [0.05, 0.1) is 19.4 Å². The fourth-order valence-electron chi connectivity index (χ4n) is 2.70. The van der Waals surface area contributed by atoms with E-state index in [1.807, 2.05) is 12.1 Å². The summed E-state index contributed by atoms with van der Waals surface area (Å²) in [5.74, 6) is 0.0255. The van der Waals surface area contributed by atoms with Crippen LogP contribution in [-0.2, 0) is 11.3 Å². The smallest absolute Gasteiger partial charge is 0.358 e. The Balaban J connectivity index is 1.96. The van der Waals surface area contributed by atoms with Crippen LogP contribution in [0.25, 0.3) is 11.3 Å². The van der Waals surface area contributed by atoms with Crippen molar-refractivity contribution < 1.29 is 19.1 Å². The zero-order chi connectivity index (χ0) is 20.1. The molecule has 0 saturated carbocycles. The fraction of sp³-hybridized carbons (Fsp3) is 0.190. The number of ether oxygens (including phenoxy) is 2. The first-order valence-corrected chi connectivity index (χ1v) is 9.07. The SMILES string of the molecule is CCOC(=O)c1cc(-c2ccc(OC)cc2)n(CC(=O)c2ccc(Cl)cc2)n1. The third-order valence-corrected chi connectivity index (χ3v) is 4.36. The van der Waals surface area contributed by atoms with Crippen LogP contribution in [0.15, 0.2) is 54.6 Å². The third-order valence-electron chi connectivity index (χ3n) is 4.11. The summed E-state index contributed by atoms with van der Waals surface area (Å²) in [6.45, 7) is 1.94. The highest BCUT2D eigenvalue weighted by atomic mass is 35.5. The number of Topliss-reactive ketones (excluding diaryl/α,β-unsaturated/α-hetero) is 1. The molecule has 1 aromatic heterocycles. The van der Waals surface area contributed by atoms with Gasteiger partial charge in [-0.25, -0.2) is 4.79 Å². The second-order valence-electron chi connectivity index (χ2n) is 5.95. The van der Waals surface area contributed by atoms with E-state index in [2.05, 4.69) is 5.10 Å². The van der Waals surface area contributed by atoms with E-state index in [0.717, 1.165) is 5.56 Å². The molecule has 0 N–H and O–H groups in total. The fourth-order valence-corrected chi connectivity index (χ4v) is 2.83. The summed E-state index contributed by atoms with van der Waals surface area (Å²) in [7, 11) is 1.59. The number of halogens is 1. The Morgan fingerprint density at radius 2 is 1.75 bits per heavy atom. The van der Waals surface area contributed by atoms with E-state index in [9.17, 15) is 9.59 Å². The quantitative estimate of drug-likeness (QED) is 0.439. The average Bonchev–Trinajstić information content (AvgIpc) is 3.12. The summed E-state index contributed by atoms with van der Waals surface area (Å²) in [4.78, 5) is 24.8. The van der Waals surface area contributed by atoms with Gasteiger partial charge in [0.25, 0.3) is 0 Å². The molecule has 0 amide bonds. The normalized spacial score (nSPS) is 10.5. The number of nitrogens with zero attached hydrogens (tertiary/aromatic N) is 2. The van der Waals surface area contributed by atoms with Crippen LogP contribution in [-0.4, -0.2) is 35.2 Å². The highest BCUT2D eigenvalue weighted by molar-refractivity contribution is 6.30. The van der Waals surface area contributed by atoms with Gasteiger partial charge >= 0.3 is 5.97 Å². The van der Waals surface area contributed by atoms with Crippen molar-refractivity contribution in [3.63, 3.8) is 0 Å². The molecular formula is C21H19ClN2O4. The molecule has 28 heavy (non-hydrogen) atoms. The Kier molecular flexibility index (Phi) is 6.11. The number of carbonyl (C=O) groups is 2. The molecule has 0 saturated heterocycles. The van der Waals surface area contributed by atoms with Crippen molar-refractivity contribution in [1.82, 2.24) is 9.78 Å². The number of benzene rings is 2. The molecule has 1 heterocycles. The van der Waals surface area contributed by atoms with Gasteiger partial charge in [-0.1, -0.05) is 11.6 Å². The van der Waals surface area contributed by atoms with E-state index in [4.69, 9.17) is 21.1 Å². The molecule has 3 aromatic rings. The summed E-state index contributed by atoms with van der Waals surface area (Å²) in [5, 5.41) is 4.85. The van der Waals surface area contributed by atoms with E-state index >= 15 is 0 Å². The lowest BCUT2D eigenvalue weighted by Crippen LogP contribution is -2.14. The van der Waals surface area contributed by atoms with E-state index in [1.54, 1.807) is 56.5 Å². The molecule has 0 aliphatic carbocycles. The predicted molar refractivity (Wildman–Crippen MR) is 106 cm³/mol. The Bertz CT molecular complexity index is 979. The monoisotopic (exact) mass is 398 g/mol. The van der Waals surface area contributed by atoms with Crippen molar-refractivity contribution in [3.05, 3.63) is 70.9 Å². The molecule has 2 aromatic carbocycles. The maximum absolute atomic E-state index is 12.7. The molecular weight excluding hydrogens is 380 g/mol. The number of methoxy groups -OCH3 is 1. The highest BCUT2D eigenvalue weighted by Crippen LogP contribution is 2.24. The zero-order valence-corrected chi connectivity index (χ0v) is 16.3. The van der Waals surface area contributed by atoms with Crippen LogP contribution in [0.3, 0.4) is 0 Å². The lowest BCUT2D eigenvalue weighted by molar-refractivity contribution is 0.0517. The van der Waals surface area contributed by atoms with E-state index in [0.29, 0.717) is 22.0 Å². The number of aromatic nitrogens is 2. The molecule has 0 bridgehead atoms. The number of rotatable bonds is 7. The Hall–Kier alpha value is -3.12. The first-order valence-electron chi connectivity index (χ1n) is 8.70. The van der Waals surface area contributed by atoms with Crippen molar-refractivity contribution in [2.45, 2.75) is 13.5 Å². The van der Waals surface area contributed by atoms with Gasteiger partial charge in [0, 0.05) is 16.1 Å². The van der Waals surface area contributed by atoms with Crippen LogP contribution in [0, 0.1) is 0 Å². The average molecular weight is 399 g/mol. The Morgan fingerprint density at radius 1 is 1.07 bits per heavy atom. The molecule has 144 valence electrons. The second-order valence-corrected chi connectivity index (χ2v) is 6.39. The van der Waals surface area contributed by atoms with Crippen LogP contribution < -0.4 is 4.74 Å². The van der Waals surface area contributed by atoms with E-state index in [1.165, 1.54) is 4.68 Å². The largest absolute Gasteiger partial charge is 0.497 e. The van der Waals surface area contributed by atoms with E-state index in [-0.39, 0.29) is 24.6 Å². The van der Waals surface area contributed by atoms with Gasteiger partial charge in [-0.15, -0.1) is 0 Å². The maximum atomic E-state index is 12.7. The standard InChI is InChI=1S/C21H19ClN2O4/c1-3-28-21(26)18-12-19(14-6-10-17(27-2)11-7-14)24(23-18)13-20(25)15-4-8-16(22)9-5-15/h4-12H,3,13H2,1-2H3. The van der Waals surface area contributed by atoms with Crippen LogP contribution in [0.4, 0.5) is 0 Å². The highest BCUT2D eigenvalue weighted by Gasteiger charge is 2.19. The van der Waals surface area contributed by atoms with Crippen molar-refractivity contribution in [1.29, 1.82) is 0 Å². The van der Waals surface area contributed by atoms with Gasteiger partial charge in [-0.2, -0.15) is 5.10 Å². The lowest BCUT2D eigenvalue weighted by Gasteiger charge is -2.08. The zero-order valence-electron chi connectivity index (χ0n) is 15.5. The number of ketones is 1. The molecule has 7 heteroatoms. The summed E-state index contributed by atoms with van der Waals surface area (Å²) in [6.07, 6.45) is 0. The molecule has 0 unspecified atom stereocenters. The molecule has 0 radical (unpaired) electrons. The summed E-state index contributed by atoms with van der Waals surface area (Å²) < 4.78 is 11.7. The predicted octanol–water partition coefficient (Wildman–Crippen LogP) is 4.27. The van der Waals surface area contributed by atoms with Gasteiger partial charge < -0.3 is 9.47 Å². The number of esters is 1. The number of hydrogen-bond donors (Lipinski definition) is 0. The van der Waals surface area contributed by atoms with Crippen LogP contribution in [0.1, 0.15) is 27.8 Å². The minimum Gasteiger partial charge on any atom is -0.497 e. The molecule has 3 rings (SSSR count). The van der Waals surface area contributed by atoms with Crippen molar-refractivity contribution in [2.24, 2.45) is 0 Å². The first-order chi connectivity index (χ1) is 13.5. The summed E-state index contributed by atoms with van der Waals surface area (Å²) in [6, 6.07) is 15.5. The molecule has 6 nitrogen and oxygen atoms in total. The second kappa shape index (κ2) is 8.71. The minimum atomic E-state index is -0.532. The molecule has 0 spiro atoms. The Morgan fingerprint density at radius 3 is 2.36 bits per heavy atom. The van der Waals surface area contributed by atoms with Gasteiger partial charge in [0.2, 0.25) is 0 Å². The topological polar surface area (TPSA) is 70.4 Å². The van der Waals surface area contributed by atoms with Crippen molar-refractivity contribution >= 4 is 23.4 Å². The molecule has 0 aliphatic heterocycles.